The lowest BCUT2D eigenvalue weighted by molar-refractivity contribution is -0.385. The highest BCUT2D eigenvalue weighted by atomic mass is 16.6. The van der Waals surface area contributed by atoms with Crippen LogP contribution in [-0.4, -0.2) is 10.0 Å². The van der Waals surface area contributed by atoms with Crippen LogP contribution in [0.25, 0.3) is 0 Å². The molecule has 0 saturated heterocycles. The zero-order chi connectivity index (χ0) is 10.7. The molecule has 0 heterocycles. The molecule has 76 valence electrons. The summed E-state index contributed by atoms with van der Waals surface area (Å²) in [5.74, 6) is -0.331. The Kier molecular flexibility index (Phi) is 3.03. The molecule has 14 heavy (non-hydrogen) atoms. The first-order valence-electron chi connectivity index (χ1n) is 4.29. The average molecular weight is 196 g/mol. The molecule has 0 aromatic heterocycles. The molecule has 3 N–H and O–H groups in total. The Bertz CT molecular complexity index is 352. The van der Waals surface area contributed by atoms with E-state index in [0.29, 0.717) is 12.0 Å². The summed E-state index contributed by atoms with van der Waals surface area (Å²) >= 11 is 0. The number of phenols is 1. The lowest BCUT2D eigenvalue weighted by Gasteiger charge is -2.08. The van der Waals surface area contributed by atoms with Gasteiger partial charge in [0.1, 0.15) is 0 Å². The summed E-state index contributed by atoms with van der Waals surface area (Å²) in [7, 11) is 0. The maximum absolute atomic E-state index is 10.5. The number of phenolic OH excluding ortho intramolecular Hbond substituents is 1. The van der Waals surface area contributed by atoms with Crippen LogP contribution in [0.15, 0.2) is 18.2 Å². The fourth-order valence-electron chi connectivity index (χ4n) is 1.15. The Morgan fingerprint density at radius 2 is 2.29 bits per heavy atom. The molecule has 5 nitrogen and oxygen atoms in total. The Morgan fingerprint density at radius 1 is 1.64 bits per heavy atom. The van der Waals surface area contributed by atoms with E-state index in [9.17, 15) is 15.2 Å². The van der Waals surface area contributed by atoms with Crippen molar-refractivity contribution in [2.45, 2.75) is 19.4 Å². The van der Waals surface area contributed by atoms with Gasteiger partial charge in [0, 0.05) is 12.1 Å². The summed E-state index contributed by atoms with van der Waals surface area (Å²) in [6, 6.07) is 3.97. The van der Waals surface area contributed by atoms with Crippen molar-refractivity contribution in [1.29, 1.82) is 0 Å². The predicted octanol–water partition coefficient (Wildman–Crippen LogP) is 1.71. The third kappa shape index (κ3) is 2.00. The molecule has 0 aliphatic rings. The van der Waals surface area contributed by atoms with Crippen molar-refractivity contribution in [3.8, 4) is 5.75 Å². The van der Waals surface area contributed by atoms with Crippen molar-refractivity contribution in [3.05, 3.63) is 33.9 Å². The maximum Gasteiger partial charge on any atom is 0.311 e. The van der Waals surface area contributed by atoms with Crippen molar-refractivity contribution >= 4 is 5.69 Å². The molecule has 0 amide bonds. The largest absolute Gasteiger partial charge is 0.502 e. The number of aromatic hydroxyl groups is 1. The Labute approximate surface area is 81.3 Å². The second kappa shape index (κ2) is 4.06. The van der Waals surface area contributed by atoms with Crippen molar-refractivity contribution in [3.63, 3.8) is 0 Å². The summed E-state index contributed by atoms with van der Waals surface area (Å²) in [5.41, 5.74) is 6.07. The van der Waals surface area contributed by atoms with E-state index in [2.05, 4.69) is 0 Å². The van der Waals surface area contributed by atoms with Crippen LogP contribution in [0.4, 0.5) is 5.69 Å². The van der Waals surface area contributed by atoms with Gasteiger partial charge in [-0.2, -0.15) is 0 Å². The first kappa shape index (κ1) is 10.5. The van der Waals surface area contributed by atoms with E-state index < -0.39 is 4.92 Å². The third-order valence-electron chi connectivity index (χ3n) is 2.06. The van der Waals surface area contributed by atoms with Crippen LogP contribution in [0.2, 0.25) is 0 Å². The lowest BCUT2D eigenvalue weighted by Crippen LogP contribution is -2.08. The fraction of sp³-hybridized carbons (Fsp3) is 0.333. The van der Waals surface area contributed by atoms with Crippen LogP contribution in [0.1, 0.15) is 24.9 Å². The number of nitrogens with zero attached hydrogens (tertiary/aromatic N) is 1. The van der Waals surface area contributed by atoms with Gasteiger partial charge in [-0.1, -0.05) is 13.0 Å². The summed E-state index contributed by atoms with van der Waals surface area (Å²) in [4.78, 5) is 9.87. The quantitative estimate of drug-likeness (QED) is 0.568. The van der Waals surface area contributed by atoms with Gasteiger partial charge in [-0.25, -0.2) is 0 Å². The molecule has 0 bridgehead atoms. The number of nitrogens with two attached hydrogens (primary N) is 1. The highest BCUT2D eigenvalue weighted by Gasteiger charge is 2.15. The highest BCUT2D eigenvalue weighted by molar-refractivity contribution is 5.48. The predicted molar refractivity (Wildman–Crippen MR) is 52.0 cm³/mol. The third-order valence-corrected chi connectivity index (χ3v) is 2.06. The monoisotopic (exact) mass is 196 g/mol. The minimum absolute atomic E-state index is 0.228. The van der Waals surface area contributed by atoms with Crippen LogP contribution >= 0.6 is 0 Å². The second-order valence-corrected chi connectivity index (χ2v) is 3.02. The number of hydrogen-bond donors (Lipinski definition) is 2. The molecular formula is C9H12N2O3. The number of hydrogen-bond acceptors (Lipinski definition) is 4. The standard InChI is InChI=1S/C9H12N2O3/c1-2-7(10)6-3-4-9(12)8(5-6)11(13)14/h3-5,7,12H,2,10H2,1H3. The van der Waals surface area contributed by atoms with Crippen molar-refractivity contribution in [2.24, 2.45) is 5.73 Å². The first-order chi connectivity index (χ1) is 6.56. The van der Waals surface area contributed by atoms with Crippen molar-refractivity contribution < 1.29 is 10.0 Å². The minimum Gasteiger partial charge on any atom is -0.502 e. The maximum atomic E-state index is 10.5. The molecule has 0 fully saturated rings. The van der Waals surface area contributed by atoms with Gasteiger partial charge < -0.3 is 10.8 Å². The zero-order valence-electron chi connectivity index (χ0n) is 7.80. The van der Waals surface area contributed by atoms with Gasteiger partial charge in [-0.15, -0.1) is 0 Å². The van der Waals surface area contributed by atoms with E-state index in [1.54, 1.807) is 6.07 Å². The second-order valence-electron chi connectivity index (χ2n) is 3.02. The molecule has 0 spiro atoms. The van der Waals surface area contributed by atoms with E-state index in [4.69, 9.17) is 5.73 Å². The number of nitro benzene ring substituents is 1. The van der Waals surface area contributed by atoms with Gasteiger partial charge in [0.2, 0.25) is 0 Å². The summed E-state index contributed by atoms with van der Waals surface area (Å²) in [6.45, 7) is 1.89. The average Bonchev–Trinajstić information content (AvgIpc) is 2.17. The molecule has 1 rings (SSSR count). The van der Waals surface area contributed by atoms with Gasteiger partial charge in [-0.05, 0) is 18.1 Å². The van der Waals surface area contributed by atoms with Gasteiger partial charge in [0.05, 0.1) is 4.92 Å². The fourth-order valence-corrected chi connectivity index (χ4v) is 1.15. The molecule has 1 aromatic carbocycles. The molecule has 1 unspecified atom stereocenters. The topological polar surface area (TPSA) is 89.4 Å². The highest BCUT2D eigenvalue weighted by Crippen LogP contribution is 2.28. The number of nitro groups is 1. The van der Waals surface area contributed by atoms with Crippen LogP contribution in [0.3, 0.4) is 0 Å². The molecule has 1 aromatic rings. The first-order valence-corrected chi connectivity index (χ1v) is 4.29. The number of benzene rings is 1. The molecular weight excluding hydrogens is 184 g/mol. The SMILES string of the molecule is CCC(N)c1ccc(O)c([N+](=O)[O-])c1. The van der Waals surface area contributed by atoms with Gasteiger partial charge in [0.15, 0.2) is 5.75 Å². The van der Waals surface area contributed by atoms with E-state index in [0.717, 1.165) is 0 Å². The molecule has 1 atom stereocenters. The van der Waals surface area contributed by atoms with Crippen molar-refractivity contribution in [1.82, 2.24) is 0 Å². The Hall–Kier alpha value is -1.62. The van der Waals surface area contributed by atoms with Gasteiger partial charge >= 0.3 is 5.69 Å². The zero-order valence-corrected chi connectivity index (χ0v) is 7.80. The normalized spacial score (nSPS) is 12.4. The van der Waals surface area contributed by atoms with Crippen LogP contribution in [-0.2, 0) is 0 Å². The van der Waals surface area contributed by atoms with E-state index >= 15 is 0 Å². The lowest BCUT2D eigenvalue weighted by atomic mass is 10.0. The molecule has 5 heteroatoms. The van der Waals surface area contributed by atoms with E-state index in [-0.39, 0.29) is 17.5 Å². The van der Waals surface area contributed by atoms with Crippen molar-refractivity contribution in [2.75, 3.05) is 0 Å². The molecule has 0 aliphatic heterocycles. The summed E-state index contributed by atoms with van der Waals surface area (Å²) in [6.07, 6.45) is 0.696. The Balaban J connectivity index is 3.12. The smallest absolute Gasteiger partial charge is 0.311 e. The summed E-state index contributed by atoms with van der Waals surface area (Å²) < 4.78 is 0. The summed E-state index contributed by atoms with van der Waals surface area (Å²) in [5, 5.41) is 19.7. The van der Waals surface area contributed by atoms with Gasteiger partial charge in [0.25, 0.3) is 0 Å². The Morgan fingerprint density at radius 3 is 2.79 bits per heavy atom. The molecule has 0 saturated carbocycles. The minimum atomic E-state index is -0.624. The van der Waals surface area contributed by atoms with Gasteiger partial charge in [-0.3, -0.25) is 10.1 Å². The van der Waals surface area contributed by atoms with Crippen LogP contribution in [0.5, 0.6) is 5.75 Å². The van der Waals surface area contributed by atoms with Crippen LogP contribution < -0.4 is 5.73 Å². The van der Waals surface area contributed by atoms with E-state index in [1.165, 1.54) is 12.1 Å². The molecule has 0 aliphatic carbocycles. The van der Waals surface area contributed by atoms with Crippen LogP contribution in [0, 0.1) is 10.1 Å². The molecule has 0 radical (unpaired) electrons. The number of rotatable bonds is 3. The van der Waals surface area contributed by atoms with E-state index in [1.807, 2.05) is 6.92 Å².